The van der Waals surface area contributed by atoms with Gasteiger partial charge in [0.25, 0.3) is 5.95 Å². The molecular formula is C22H21N5O2. The Labute approximate surface area is 168 Å². The Kier molecular flexibility index (Phi) is 4.95. The van der Waals surface area contributed by atoms with Gasteiger partial charge in [0.05, 0.1) is 11.1 Å². The second kappa shape index (κ2) is 7.71. The molecule has 0 amide bonds. The predicted molar refractivity (Wildman–Crippen MR) is 112 cm³/mol. The average molecular weight is 387 g/mol. The number of carboxylic acids is 1. The minimum atomic E-state index is -0.960. The van der Waals surface area contributed by atoms with Gasteiger partial charge in [-0.15, -0.1) is 10.2 Å². The molecule has 7 nitrogen and oxygen atoms in total. The second-order valence-corrected chi connectivity index (χ2v) is 6.76. The Morgan fingerprint density at radius 1 is 1.10 bits per heavy atom. The van der Waals surface area contributed by atoms with Crippen LogP contribution >= 0.6 is 0 Å². The van der Waals surface area contributed by atoms with Crippen molar-refractivity contribution in [1.29, 1.82) is 0 Å². The Bertz CT molecular complexity index is 1180. The van der Waals surface area contributed by atoms with Gasteiger partial charge in [-0.3, -0.25) is 4.57 Å². The maximum Gasteiger partial charge on any atom is 0.336 e. The fourth-order valence-corrected chi connectivity index (χ4v) is 3.41. The topological polar surface area (TPSA) is 92.9 Å². The Morgan fingerprint density at radius 3 is 2.62 bits per heavy atom. The number of rotatable bonds is 6. The fraction of sp³-hybridized carbons (Fsp3) is 0.182. The van der Waals surface area contributed by atoms with Gasteiger partial charge in [0.2, 0.25) is 0 Å². The Hall–Kier alpha value is -3.74. The van der Waals surface area contributed by atoms with Crippen molar-refractivity contribution in [3.8, 4) is 5.95 Å². The van der Waals surface area contributed by atoms with E-state index in [1.165, 1.54) is 0 Å². The molecule has 146 valence electrons. The highest BCUT2D eigenvalue weighted by molar-refractivity contribution is 6.03. The van der Waals surface area contributed by atoms with Crippen LogP contribution in [0.5, 0.6) is 0 Å². The van der Waals surface area contributed by atoms with Gasteiger partial charge in [0, 0.05) is 17.6 Å². The third-order valence-corrected chi connectivity index (χ3v) is 4.84. The van der Waals surface area contributed by atoms with Gasteiger partial charge in [-0.05, 0) is 37.1 Å². The molecule has 0 aliphatic heterocycles. The first-order chi connectivity index (χ1) is 14.1. The van der Waals surface area contributed by atoms with E-state index in [9.17, 15) is 9.90 Å². The molecule has 0 saturated carbocycles. The summed E-state index contributed by atoms with van der Waals surface area (Å²) >= 11 is 0. The van der Waals surface area contributed by atoms with E-state index in [4.69, 9.17) is 4.98 Å². The first-order valence-electron chi connectivity index (χ1n) is 9.44. The van der Waals surface area contributed by atoms with Gasteiger partial charge in [0.15, 0.2) is 5.82 Å². The number of aromatic carboxylic acids is 1. The number of hydrogen-bond acceptors (Lipinski definition) is 5. The van der Waals surface area contributed by atoms with Gasteiger partial charge < -0.3 is 10.4 Å². The molecule has 2 aromatic heterocycles. The SMILES string of the molecule is CCc1nnc(-n2c(C)cc3c(C(=O)O)cccc32)nc1NCc1ccccc1. The second-order valence-electron chi connectivity index (χ2n) is 6.76. The molecule has 7 heteroatoms. The van der Waals surface area contributed by atoms with Crippen molar-refractivity contribution in [2.75, 3.05) is 5.32 Å². The number of fused-ring (bicyclic) bond motifs is 1. The molecule has 4 aromatic rings. The van der Waals surface area contributed by atoms with Crippen LogP contribution in [0.4, 0.5) is 5.82 Å². The maximum absolute atomic E-state index is 11.6. The summed E-state index contributed by atoms with van der Waals surface area (Å²) in [6.45, 7) is 4.54. The first kappa shape index (κ1) is 18.6. The highest BCUT2D eigenvalue weighted by Crippen LogP contribution is 2.26. The summed E-state index contributed by atoms with van der Waals surface area (Å²) in [4.78, 5) is 16.3. The molecule has 0 unspecified atom stereocenters. The van der Waals surface area contributed by atoms with Crippen molar-refractivity contribution in [3.63, 3.8) is 0 Å². The Morgan fingerprint density at radius 2 is 1.90 bits per heavy atom. The van der Waals surface area contributed by atoms with Crippen LogP contribution < -0.4 is 5.32 Å². The van der Waals surface area contributed by atoms with Crippen molar-refractivity contribution in [3.05, 3.63) is 77.1 Å². The molecule has 2 heterocycles. The van der Waals surface area contributed by atoms with E-state index in [1.807, 2.05) is 60.9 Å². The highest BCUT2D eigenvalue weighted by atomic mass is 16.4. The standard InChI is InChI=1S/C22H21N5O2/c1-3-18-20(23-13-15-8-5-4-6-9-15)24-22(26-25-18)27-14(2)12-17-16(21(28)29)10-7-11-19(17)27/h4-12H,3,13H2,1-2H3,(H,28,29)(H,23,24,26). The summed E-state index contributed by atoms with van der Waals surface area (Å²) in [5.41, 5.74) is 3.76. The van der Waals surface area contributed by atoms with E-state index in [-0.39, 0.29) is 5.56 Å². The molecule has 0 saturated heterocycles. The average Bonchev–Trinajstić information content (AvgIpc) is 3.08. The molecule has 0 aliphatic rings. The summed E-state index contributed by atoms with van der Waals surface area (Å²) in [7, 11) is 0. The summed E-state index contributed by atoms with van der Waals surface area (Å²) in [6, 6.07) is 17.1. The van der Waals surface area contributed by atoms with Crippen LogP contribution in [0.3, 0.4) is 0 Å². The first-order valence-corrected chi connectivity index (χ1v) is 9.44. The predicted octanol–water partition coefficient (Wildman–Crippen LogP) is 4.00. The minimum Gasteiger partial charge on any atom is -0.478 e. The maximum atomic E-state index is 11.6. The number of benzene rings is 2. The van der Waals surface area contributed by atoms with Crippen LogP contribution in [-0.2, 0) is 13.0 Å². The number of hydrogen-bond donors (Lipinski definition) is 2. The normalized spacial score (nSPS) is 11.0. The van der Waals surface area contributed by atoms with Crippen molar-refractivity contribution >= 4 is 22.7 Å². The summed E-state index contributed by atoms with van der Waals surface area (Å²) in [5, 5.41) is 22.2. The van der Waals surface area contributed by atoms with Crippen molar-refractivity contribution in [2.24, 2.45) is 0 Å². The third kappa shape index (κ3) is 3.54. The third-order valence-electron chi connectivity index (χ3n) is 4.84. The lowest BCUT2D eigenvalue weighted by molar-refractivity contribution is 0.0699. The van der Waals surface area contributed by atoms with Crippen LogP contribution in [0, 0.1) is 6.92 Å². The zero-order chi connectivity index (χ0) is 20.4. The van der Waals surface area contributed by atoms with Gasteiger partial charge in [-0.2, -0.15) is 4.98 Å². The van der Waals surface area contributed by atoms with E-state index >= 15 is 0 Å². The lowest BCUT2D eigenvalue weighted by Crippen LogP contribution is -2.12. The zero-order valence-electron chi connectivity index (χ0n) is 16.3. The van der Waals surface area contributed by atoms with Crippen LogP contribution in [0.25, 0.3) is 16.9 Å². The van der Waals surface area contributed by atoms with Gasteiger partial charge >= 0.3 is 5.97 Å². The number of aryl methyl sites for hydroxylation is 2. The number of nitrogens with zero attached hydrogens (tertiary/aromatic N) is 4. The summed E-state index contributed by atoms with van der Waals surface area (Å²) in [5.74, 6) is 0.128. The van der Waals surface area contributed by atoms with E-state index < -0.39 is 5.97 Å². The molecule has 0 bridgehead atoms. The number of nitrogens with one attached hydrogen (secondary N) is 1. The molecule has 2 aromatic carbocycles. The molecule has 0 fully saturated rings. The molecule has 0 atom stereocenters. The van der Waals surface area contributed by atoms with Gasteiger partial charge in [0.1, 0.15) is 5.69 Å². The highest BCUT2D eigenvalue weighted by Gasteiger charge is 2.17. The van der Waals surface area contributed by atoms with Gasteiger partial charge in [-0.1, -0.05) is 43.3 Å². The summed E-state index contributed by atoms with van der Waals surface area (Å²) in [6.07, 6.45) is 0.700. The fourth-order valence-electron chi connectivity index (χ4n) is 3.41. The van der Waals surface area contributed by atoms with Crippen molar-refractivity contribution in [1.82, 2.24) is 19.7 Å². The molecule has 0 aliphatic carbocycles. The smallest absolute Gasteiger partial charge is 0.336 e. The van der Waals surface area contributed by atoms with Gasteiger partial charge in [-0.25, -0.2) is 4.79 Å². The molecule has 4 rings (SSSR count). The monoisotopic (exact) mass is 387 g/mol. The lowest BCUT2D eigenvalue weighted by atomic mass is 10.1. The largest absolute Gasteiger partial charge is 0.478 e. The van der Waals surface area contributed by atoms with Crippen LogP contribution in [0.1, 0.15) is 34.2 Å². The molecular weight excluding hydrogens is 366 g/mol. The molecule has 29 heavy (non-hydrogen) atoms. The number of carboxylic acid groups (broad SMARTS) is 1. The molecule has 0 radical (unpaired) electrons. The van der Waals surface area contributed by atoms with E-state index in [1.54, 1.807) is 12.1 Å². The van der Waals surface area contributed by atoms with Crippen molar-refractivity contribution in [2.45, 2.75) is 26.8 Å². The van der Waals surface area contributed by atoms with Crippen LogP contribution in [0.15, 0.2) is 54.6 Å². The minimum absolute atomic E-state index is 0.255. The lowest BCUT2D eigenvalue weighted by Gasteiger charge is -2.12. The van der Waals surface area contributed by atoms with E-state index in [0.717, 1.165) is 22.5 Å². The molecule has 2 N–H and O–H groups in total. The Balaban J connectivity index is 1.77. The van der Waals surface area contributed by atoms with Crippen LogP contribution in [-0.4, -0.2) is 30.8 Å². The number of aromatic nitrogens is 4. The zero-order valence-corrected chi connectivity index (χ0v) is 16.3. The van der Waals surface area contributed by atoms with Crippen LogP contribution in [0.2, 0.25) is 0 Å². The summed E-state index contributed by atoms with van der Waals surface area (Å²) < 4.78 is 1.84. The number of carbonyl (C=O) groups is 1. The number of anilines is 1. The van der Waals surface area contributed by atoms with Crippen molar-refractivity contribution < 1.29 is 9.90 Å². The quantitative estimate of drug-likeness (QED) is 0.519. The molecule has 0 spiro atoms. The van der Waals surface area contributed by atoms with E-state index in [0.29, 0.717) is 30.1 Å². The van der Waals surface area contributed by atoms with E-state index in [2.05, 4.69) is 15.5 Å².